The summed E-state index contributed by atoms with van der Waals surface area (Å²) in [6, 6.07) is 21.7. The highest BCUT2D eigenvalue weighted by molar-refractivity contribution is 6.36. The predicted octanol–water partition coefficient (Wildman–Crippen LogP) is 6.17. The molecule has 1 aliphatic rings. The maximum Gasteiger partial charge on any atom is 0.256 e. The fourth-order valence-electron chi connectivity index (χ4n) is 4.01. The van der Waals surface area contributed by atoms with Crippen LogP contribution >= 0.6 is 11.6 Å². The highest BCUT2D eigenvalue weighted by atomic mass is 35.5. The van der Waals surface area contributed by atoms with E-state index in [1.807, 2.05) is 55.5 Å². The van der Waals surface area contributed by atoms with Crippen LogP contribution in [0, 0.1) is 6.92 Å². The van der Waals surface area contributed by atoms with Crippen LogP contribution in [-0.2, 0) is 11.3 Å². The average Bonchev–Trinajstić information content (AvgIpc) is 3.27. The van der Waals surface area contributed by atoms with Crippen LogP contribution in [0.4, 0.5) is 5.69 Å². The van der Waals surface area contributed by atoms with E-state index in [1.165, 1.54) is 0 Å². The van der Waals surface area contributed by atoms with Gasteiger partial charge in [0.1, 0.15) is 12.4 Å². The van der Waals surface area contributed by atoms with Crippen molar-refractivity contribution in [2.75, 3.05) is 11.9 Å². The number of nitrogens with zero attached hydrogens (tertiary/aromatic N) is 1. The quantitative estimate of drug-likeness (QED) is 0.386. The number of amides is 1. The summed E-state index contributed by atoms with van der Waals surface area (Å²) < 4.78 is 8.17. The van der Waals surface area contributed by atoms with Crippen molar-refractivity contribution in [2.24, 2.45) is 0 Å². The molecule has 0 aliphatic carbocycles. The highest BCUT2D eigenvalue weighted by Crippen LogP contribution is 2.36. The van der Waals surface area contributed by atoms with E-state index >= 15 is 0 Å². The molecule has 0 unspecified atom stereocenters. The molecule has 0 saturated carbocycles. The summed E-state index contributed by atoms with van der Waals surface area (Å²) in [6.45, 7) is 3.31. The minimum atomic E-state index is -0.114. The van der Waals surface area contributed by atoms with Gasteiger partial charge in [0.05, 0.1) is 12.2 Å². The van der Waals surface area contributed by atoms with Gasteiger partial charge in [-0.25, -0.2) is 0 Å². The summed E-state index contributed by atoms with van der Waals surface area (Å²) in [5, 5.41) is 4.60. The predicted molar refractivity (Wildman–Crippen MR) is 127 cm³/mol. The molecule has 154 valence electrons. The fraction of sp³-hybridized carbons (Fsp3) is 0.115. The third kappa shape index (κ3) is 3.71. The number of ether oxygens (including phenoxy) is 1. The van der Waals surface area contributed by atoms with Crippen molar-refractivity contribution < 1.29 is 9.53 Å². The van der Waals surface area contributed by atoms with Gasteiger partial charge in [0.25, 0.3) is 5.91 Å². The summed E-state index contributed by atoms with van der Waals surface area (Å²) >= 11 is 6.08. The maximum atomic E-state index is 12.6. The second kappa shape index (κ2) is 7.97. The van der Waals surface area contributed by atoms with Crippen molar-refractivity contribution in [1.29, 1.82) is 0 Å². The van der Waals surface area contributed by atoms with E-state index in [2.05, 4.69) is 28.2 Å². The molecule has 31 heavy (non-hydrogen) atoms. The molecule has 0 radical (unpaired) electrons. The van der Waals surface area contributed by atoms with Crippen LogP contribution in [0.15, 0.2) is 72.9 Å². The van der Waals surface area contributed by atoms with Gasteiger partial charge in [-0.15, -0.1) is 0 Å². The fourth-order valence-corrected chi connectivity index (χ4v) is 4.19. The summed E-state index contributed by atoms with van der Waals surface area (Å²) in [7, 11) is 0. The summed E-state index contributed by atoms with van der Waals surface area (Å²) in [4.78, 5) is 12.6. The number of nitrogens with one attached hydrogen (secondary N) is 1. The van der Waals surface area contributed by atoms with Gasteiger partial charge < -0.3 is 14.6 Å². The lowest BCUT2D eigenvalue weighted by Crippen LogP contribution is -2.07. The minimum Gasteiger partial charge on any atom is -0.491 e. The third-order valence-corrected chi connectivity index (χ3v) is 5.80. The normalized spacial score (nSPS) is 14.1. The van der Waals surface area contributed by atoms with Gasteiger partial charge >= 0.3 is 0 Å². The Kier molecular flexibility index (Phi) is 5.00. The first-order chi connectivity index (χ1) is 15.1. The molecule has 1 amide bonds. The Labute approximate surface area is 185 Å². The number of aromatic nitrogens is 1. The Hall–Kier alpha value is -3.50. The molecule has 2 heterocycles. The molecular formula is C26H21ClN2O2. The molecule has 1 aliphatic heterocycles. The topological polar surface area (TPSA) is 43.3 Å². The number of halogens is 1. The second-order valence-electron chi connectivity index (χ2n) is 7.61. The number of benzene rings is 3. The standard InChI is InChI=1S/C26H21ClN2O2/c1-17-6-2-5-9-25(17)31-13-12-29-16-18(20-7-3-4-8-24(20)29)14-22-21-11-10-19(27)15-23(21)28-26(22)30/h2-11,14-16H,12-13H2,1H3,(H,28,30)/b22-14+. The van der Waals surface area contributed by atoms with Crippen molar-refractivity contribution in [1.82, 2.24) is 4.57 Å². The van der Waals surface area contributed by atoms with E-state index < -0.39 is 0 Å². The smallest absolute Gasteiger partial charge is 0.256 e. The maximum absolute atomic E-state index is 12.6. The van der Waals surface area contributed by atoms with E-state index in [0.29, 0.717) is 23.7 Å². The summed E-state index contributed by atoms with van der Waals surface area (Å²) in [5.41, 5.74) is 5.49. The number of anilines is 1. The SMILES string of the molecule is Cc1ccccc1OCCn1cc(/C=C2/C(=O)Nc3cc(Cl)ccc32)c2ccccc21. The van der Waals surface area contributed by atoms with Crippen molar-refractivity contribution in [2.45, 2.75) is 13.5 Å². The lowest BCUT2D eigenvalue weighted by atomic mass is 10.0. The van der Waals surface area contributed by atoms with Crippen LogP contribution in [0.1, 0.15) is 16.7 Å². The molecule has 0 fully saturated rings. The van der Waals surface area contributed by atoms with Crippen molar-refractivity contribution in [3.8, 4) is 5.75 Å². The first kappa shape index (κ1) is 19.5. The molecule has 1 N–H and O–H groups in total. The van der Waals surface area contributed by atoms with Gasteiger partial charge in [-0.2, -0.15) is 0 Å². The zero-order valence-corrected chi connectivity index (χ0v) is 17.8. The Morgan fingerprint density at radius 1 is 1.06 bits per heavy atom. The number of carbonyl (C=O) groups is 1. The number of hydrogen-bond acceptors (Lipinski definition) is 2. The van der Waals surface area contributed by atoms with Crippen molar-refractivity contribution >= 4 is 45.7 Å². The number of fused-ring (bicyclic) bond motifs is 2. The van der Waals surface area contributed by atoms with E-state index in [-0.39, 0.29) is 5.91 Å². The third-order valence-electron chi connectivity index (χ3n) is 5.57. The van der Waals surface area contributed by atoms with Crippen LogP contribution in [0.2, 0.25) is 5.02 Å². The number of para-hydroxylation sites is 2. The molecule has 4 nitrogen and oxygen atoms in total. The Morgan fingerprint density at radius 2 is 1.87 bits per heavy atom. The minimum absolute atomic E-state index is 0.114. The van der Waals surface area contributed by atoms with Crippen LogP contribution in [-0.4, -0.2) is 17.1 Å². The average molecular weight is 429 g/mol. The zero-order valence-electron chi connectivity index (χ0n) is 17.1. The van der Waals surface area contributed by atoms with Gasteiger partial charge in [0.2, 0.25) is 0 Å². The van der Waals surface area contributed by atoms with Crippen LogP contribution in [0.3, 0.4) is 0 Å². The molecule has 0 atom stereocenters. The first-order valence-electron chi connectivity index (χ1n) is 10.2. The number of hydrogen-bond donors (Lipinski definition) is 1. The molecule has 5 heteroatoms. The molecule has 0 saturated heterocycles. The highest BCUT2D eigenvalue weighted by Gasteiger charge is 2.24. The second-order valence-corrected chi connectivity index (χ2v) is 8.05. The van der Waals surface area contributed by atoms with Gasteiger partial charge in [-0.3, -0.25) is 4.79 Å². The first-order valence-corrected chi connectivity index (χ1v) is 10.6. The monoisotopic (exact) mass is 428 g/mol. The van der Waals surface area contributed by atoms with E-state index in [1.54, 1.807) is 12.1 Å². The van der Waals surface area contributed by atoms with E-state index in [0.717, 1.165) is 39.0 Å². The summed E-state index contributed by atoms with van der Waals surface area (Å²) in [5.74, 6) is 0.788. The van der Waals surface area contributed by atoms with Crippen molar-refractivity contribution in [3.63, 3.8) is 0 Å². The Bertz CT molecular complexity index is 1340. The van der Waals surface area contributed by atoms with Crippen molar-refractivity contribution in [3.05, 3.63) is 94.6 Å². The molecule has 1 aromatic heterocycles. The molecule has 4 aromatic rings. The molecule has 5 rings (SSSR count). The number of carbonyl (C=O) groups excluding carboxylic acids is 1. The van der Waals surface area contributed by atoms with E-state index in [9.17, 15) is 4.79 Å². The molecule has 0 spiro atoms. The molecule has 0 bridgehead atoms. The van der Waals surface area contributed by atoms with Gasteiger partial charge in [-0.1, -0.05) is 54.1 Å². The zero-order chi connectivity index (χ0) is 21.4. The van der Waals surface area contributed by atoms with Gasteiger partial charge in [-0.05, 0) is 42.8 Å². The Balaban J connectivity index is 1.46. The number of aryl methyl sites for hydroxylation is 1. The molecular weight excluding hydrogens is 408 g/mol. The van der Waals surface area contributed by atoms with Crippen LogP contribution in [0.5, 0.6) is 5.75 Å². The van der Waals surface area contributed by atoms with E-state index in [4.69, 9.17) is 16.3 Å². The Morgan fingerprint density at radius 3 is 2.74 bits per heavy atom. The molecule has 3 aromatic carbocycles. The lowest BCUT2D eigenvalue weighted by molar-refractivity contribution is -0.110. The number of rotatable bonds is 5. The largest absolute Gasteiger partial charge is 0.491 e. The van der Waals surface area contributed by atoms with Gasteiger partial charge in [0.15, 0.2) is 0 Å². The van der Waals surface area contributed by atoms with Crippen LogP contribution in [0.25, 0.3) is 22.6 Å². The van der Waals surface area contributed by atoms with Crippen LogP contribution < -0.4 is 10.1 Å². The summed E-state index contributed by atoms with van der Waals surface area (Å²) in [6.07, 6.45) is 4.04. The van der Waals surface area contributed by atoms with Gasteiger partial charge in [0, 0.05) is 38.8 Å². The lowest BCUT2D eigenvalue weighted by Gasteiger charge is -2.10.